The first kappa shape index (κ1) is 10.9. The molecule has 0 aromatic carbocycles. The maximum Gasteiger partial charge on any atom is 0.182 e. The van der Waals surface area contributed by atoms with Gasteiger partial charge in [-0.1, -0.05) is 19.8 Å². The maximum absolute atomic E-state index is 4.23. The molecular weight excluding hydrogens is 202 g/mol. The fourth-order valence-electron chi connectivity index (χ4n) is 1.69. The molecule has 0 fully saturated rings. The van der Waals surface area contributed by atoms with E-state index in [2.05, 4.69) is 39.1 Å². The topological polar surface area (TPSA) is 66.5 Å². The van der Waals surface area contributed by atoms with Crippen molar-refractivity contribution < 1.29 is 0 Å². The van der Waals surface area contributed by atoms with Gasteiger partial charge in [0, 0.05) is 6.04 Å². The first-order chi connectivity index (χ1) is 7.81. The third kappa shape index (κ3) is 2.29. The van der Waals surface area contributed by atoms with Gasteiger partial charge in [-0.2, -0.15) is 0 Å². The Bertz CT molecular complexity index is 450. The largest absolute Gasteiger partial charge is 0.366 e. The van der Waals surface area contributed by atoms with Crippen molar-refractivity contribution >= 4 is 17.0 Å². The van der Waals surface area contributed by atoms with Crippen LogP contribution in [0.5, 0.6) is 0 Å². The van der Waals surface area contributed by atoms with Crippen molar-refractivity contribution in [1.82, 2.24) is 19.9 Å². The number of H-pyrrole nitrogens is 1. The highest BCUT2D eigenvalue weighted by Gasteiger charge is 2.08. The summed E-state index contributed by atoms with van der Waals surface area (Å²) >= 11 is 0. The molecule has 86 valence electrons. The van der Waals surface area contributed by atoms with Gasteiger partial charge >= 0.3 is 0 Å². The van der Waals surface area contributed by atoms with Gasteiger partial charge in [0.15, 0.2) is 11.5 Å². The predicted molar refractivity (Wildman–Crippen MR) is 64.3 cm³/mol. The maximum atomic E-state index is 4.23. The average molecular weight is 219 g/mol. The number of hydrogen-bond donors (Lipinski definition) is 2. The first-order valence-electron chi connectivity index (χ1n) is 5.72. The van der Waals surface area contributed by atoms with Crippen molar-refractivity contribution in [1.29, 1.82) is 0 Å². The zero-order valence-electron chi connectivity index (χ0n) is 9.70. The van der Waals surface area contributed by atoms with Crippen LogP contribution in [0.4, 0.5) is 5.82 Å². The van der Waals surface area contributed by atoms with Gasteiger partial charge in [-0.25, -0.2) is 15.0 Å². The zero-order valence-corrected chi connectivity index (χ0v) is 9.70. The van der Waals surface area contributed by atoms with Crippen LogP contribution >= 0.6 is 0 Å². The third-order valence-electron chi connectivity index (χ3n) is 2.60. The lowest BCUT2D eigenvalue weighted by Gasteiger charge is -2.13. The Hall–Kier alpha value is -1.65. The molecule has 2 heterocycles. The van der Waals surface area contributed by atoms with Crippen LogP contribution in [0, 0.1) is 0 Å². The van der Waals surface area contributed by atoms with Crippen LogP contribution in [-0.2, 0) is 0 Å². The smallest absolute Gasteiger partial charge is 0.182 e. The molecule has 0 aliphatic carbocycles. The summed E-state index contributed by atoms with van der Waals surface area (Å²) in [5.41, 5.74) is 1.59. The molecule has 0 amide bonds. The van der Waals surface area contributed by atoms with Gasteiger partial charge in [0.1, 0.15) is 11.8 Å². The number of aromatic nitrogens is 4. The van der Waals surface area contributed by atoms with Crippen molar-refractivity contribution in [3.8, 4) is 0 Å². The van der Waals surface area contributed by atoms with E-state index < -0.39 is 0 Å². The molecule has 2 aromatic rings. The van der Waals surface area contributed by atoms with E-state index in [-0.39, 0.29) is 0 Å². The number of nitrogens with one attached hydrogen (secondary N) is 2. The van der Waals surface area contributed by atoms with Crippen LogP contribution in [0.2, 0.25) is 0 Å². The molecule has 0 spiro atoms. The molecule has 1 unspecified atom stereocenters. The summed E-state index contributed by atoms with van der Waals surface area (Å²) in [6.45, 7) is 4.37. The first-order valence-corrected chi connectivity index (χ1v) is 5.72. The molecule has 0 aliphatic rings. The lowest BCUT2D eigenvalue weighted by atomic mass is 10.1. The number of rotatable bonds is 5. The van der Waals surface area contributed by atoms with Crippen LogP contribution in [0.25, 0.3) is 11.2 Å². The summed E-state index contributed by atoms with van der Waals surface area (Å²) in [5.74, 6) is 0.839. The summed E-state index contributed by atoms with van der Waals surface area (Å²) < 4.78 is 0. The van der Waals surface area contributed by atoms with E-state index in [1.54, 1.807) is 6.33 Å². The van der Waals surface area contributed by atoms with E-state index in [0.717, 1.165) is 17.8 Å². The molecule has 16 heavy (non-hydrogen) atoms. The van der Waals surface area contributed by atoms with Crippen molar-refractivity contribution in [2.24, 2.45) is 0 Å². The van der Waals surface area contributed by atoms with Gasteiger partial charge < -0.3 is 10.3 Å². The SMILES string of the molecule is CCCCC(C)Nc1ncnc2nc[nH]c12. The van der Waals surface area contributed by atoms with E-state index in [1.165, 1.54) is 19.2 Å². The molecule has 0 aliphatic heterocycles. The van der Waals surface area contributed by atoms with Gasteiger partial charge in [0.05, 0.1) is 6.33 Å². The molecule has 0 bridgehead atoms. The number of nitrogens with zero attached hydrogens (tertiary/aromatic N) is 3. The number of imidazole rings is 1. The van der Waals surface area contributed by atoms with E-state index in [0.29, 0.717) is 11.7 Å². The molecule has 2 rings (SSSR count). The minimum Gasteiger partial charge on any atom is -0.366 e. The molecule has 0 saturated carbocycles. The fourth-order valence-corrected chi connectivity index (χ4v) is 1.69. The summed E-state index contributed by atoms with van der Waals surface area (Å²) in [5, 5.41) is 3.38. The average Bonchev–Trinajstić information content (AvgIpc) is 2.75. The summed E-state index contributed by atoms with van der Waals surface area (Å²) in [4.78, 5) is 15.5. The molecular formula is C11H17N5. The van der Waals surface area contributed by atoms with Gasteiger partial charge in [0.2, 0.25) is 0 Å². The Kier molecular flexibility index (Phi) is 3.34. The van der Waals surface area contributed by atoms with Gasteiger partial charge in [-0.3, -0.25) is 0 Å². The Morgan fingerprint density at radius 3 is 3.06 bits per heavy atom. The molecule has 0 radical (unpaired) electrons. The molecule has 5 heteroatoms. The fraction of sp³-hybridized carbons (Fsp3) is 0.545. The Morgan fingerprint density at radius 1 is 1.38 bits per heavy atom. The van der Waals surface area contributed by atoms with E-state index in [4.69, 9.17) is 0 Å². The molecule has 2 N–H and O–H groups in total. The Labute approximate surface area is 94.7 Å². The van der Waals surface area contributed by atoms with Gasteiger partial charge in [0.25, 0.3) is 0 Å². The number of aromatic amines is 1. The van der Waals surface area contributed by atoms with Gasteiger partial charge in [-0.15, -0.1) is 0 Å². The van der Waals surface area contributed by atoms with E-state index >= 15 is 0 Å². The minimum atomic E-state index is 0.418. The number of anilines is 1. The third-order valence-corrected chi connectivity index (χ3v) is 2.60. The predicted octanol–water partition coefficient (Wildman–Crippen LogP) is 2.34. The number of unbranched alkanes of at least 4 members (excludes halogenated alkanes) is 1. The lowest BCUT2D eigenvalue weighted by molar-refractivity contribution is 0.643. The van der Waals surface area contributed by atoms with Crippen LogP contribution in [0.15, 0.2) is 12.7 Å². The second kappa shape index (κ2) is 4.92. The highest BCUT2D eigenvalue weighted by Crippen LogP contribution is 2.16. The lowest BCUT2D eigenvalue weighted by Crippen LogP contribution is -2.16. The normalized spacial score (nSPS) is 12.9. The zero-order chi connectivity index (χ0) is 11.4. The van der Waals surface area contributed by atoms with Crippen molar-refractivity contribution in [2.75, 3.05) is 5.32 Å². The van der Waals surface area contributed by atoms with Crippen LogP contribution < -0.4 is 5.32 Å². The number of fused-ring (bicyclic) bond motifs is 1. The van der Waals surface area contributed by atoms with E-state index in [1.807, 2.05) is 0 Å². The molecule has 0 saturated heterocycles. The minimum absolute atomic E-state index is 0.418. The second-order valence-corrected chi connectivity index (χ2v) is 4.01. The highest BCUT2D eigenvalue weighted by molar-refractivity contribution is 5.81. The number of hydrogen-bond acceptors (Lipinski definition) is 4. The Balaban J connectivity index is 2.11. The molecule has 2 aromatic heterocycles. The molecule has 5 nitrogen and oxygen atoms in total. The van der Waals surface area contributed by atoms with E-state index in [9.17, 15) is 0 Å². The van der Waals surface area contributed by atoms with Gasteiger partial charge in [-0.05, 0) is 13.3 Å². The van der Waals surface area contributed by atoms with Crippen LogP contribution in [-0.4, -0.2) is 26.0 Å². The monoisotopic (exact) mass is 219 g/mol. The van der Waals surface area contributed by atoms with Crippen LogP contribution in [0.1, 0.15) is 33.1 Å². The standard InChI is InChI=1S/C11H17N5/c1-3-4-5-8(2)16-11-9-10(13-6-12-9)14-7-15-11/h6-8H,3-5H2,1-2H3,(H2,12,13,14,15,16). The highest BCUT2D eigenvalue weighted by atomic mass is 15.1. The Morgan fingerprint density at radius 2 is 2.25 bits per heavy atom. The molecule has 1 atom stereocenters. The summed E-state index contributed by atoms with van der Waals surface area (Å²) in [6, 6.07) is 0.418. The van der Waals surface area contributed by atoms with Crippen molar-refractivity contribution in [3.63, 3.8) is 0 Å². The quantitative estimate of drug-likeness (QED) is 0.810. The van der Waals surface area contributed by atoms with Crippen molar-refractivity contribution in [3.05, 3.63) is 12.7 Å². The summed E-state index contributed by atoms with van der Waals surface area (Å²) in [6.07, 6.45) is 6.77. The van der Waals surface area contributed by atoms with Crippen LogP contribution in [0.3, 0.4) is 0 Å². The second-order valence-electron chi connectivity index (χ2n) is 4.01. The van der Waals surface area contributed by atoms with Crippen molar-refractivity contribution in [2.45, 2.75) is 39.2 Å². The summed E-state index contributed by atoms with van der Waals surface area (Å²) in [7, 11) is 0.